The second kappa shape index (κ2) is 13.6. The molecule has 0 unspecified atom stereocenters. The van der Waals surface area contributed by atoms with Crippen LogP contribution in [0.25, 0.3) is 82.8 Å². The molecule has 0 bridgehead atoms. The van der Waals surface area contributed by atoms with Gasteiger partial charge in [0.1, 0.15) is 11.2 Å². The van der Waals surface area contributed by atoms with Gasteiger partial charge in [-0.3, -0.25) is 0 Å². The van der Waals surface area contributed by atoms with Crippen LogP contribution in [0, 0.1) is 0 Å². The van der Waals surface area contributed by atoms with Crippen LogP contribution >= 0.6 is 0 Å². The van der Waals surface area contributed by atoms with Crippen LogP contribution in [-0.2, 0) is 0 Å². The number of aromatic nitrogens is 1. The van der Waals surface area contributed by atoms with Gasteiger partial charge in [-0.25, -0.2) is 0 Å². The molecule has 11 rings (SSSR count). The zero-order valence-corrected chi connectivity index (χ0v) is 31.1. The third-order valence-corrected chi connectivity index (χ3v) is 11.2. The molecule has 2 aromatic heterocycles. The van der Waals surface area contributed by atoms with Crippen molar-refractivity contribution in [2.24, 2.45) is 0 Å². The Balaban J connectivity index is 1.02. The summed E-state index contributed by atoms with van der Waals surface area (Å²) in [6.07, 6.45) is 0. The number of furan rings is 1. The van der Waals surface area contributed by atoms with Crippen molar-refractivity contribution < 1.29 is 4.42 Å². The molecule has 9 aromatic carbocycles. The van der Waals surface area contributed by atoms with Gasteiger partial charge in [-0.2, -0.15) is 0 Å². The molecule has 0 saturated heterocycles. The van der Waals surface area contributed by atoms with E-state index < -0.39 is 0 Å². The van der Waals surface area contributed by atoms with Crippen LogP contribution in [0.4, 0.5) is 17.1 Å². The van der Waals surface area contributed by atoms with Crippen molar-refractivity contribution >= 4 is 60.8 Å². The lowest BCUT2D eigenvalue weighted by Crippen LogP contribution is -2.10. The number of benzene rings is 9. The maximum Gasteiger partial charge on any atom is 0.136 e. The summed E-state index contributed by atoms with van der Waals surface area (Å²) in [6, 6.07) is 78.1. The molecular formula is C54H36N2O. The molecule has 0 fully saturated rings. The maximum absolute atomic E-state index is 6.29. The molecule has 0 amide bonds. The zero-order chi connectivity index (χ0) is 37.7. The number of anilines is 3. The summed E-state index contributed by atoms with van der Waals surface area (Å²) in [5.74, 6) is 0. The molecule has 0 aliphatic heterocycles. The molecule has 3 nitrogen and oxygen atoms in total. The fourth-order valence-electron chi connectivity index (χ4n) is 8.56. The van der Waals surface area contributed by atoms with E-state index in [4.69, 9.17) is 4.42 Å². The fourth-order valence-corrected chi connectivity index (χ4v) is 8.56. The van der Waals surface area contributed by atoms with E-state index in [0.717, 1.165) is 61.4 Å². The van der Waals surface area contributed by atoms with Gasteiger partial charge in [0.2, 0.25) is 0 Å². The fraction of sp³-hybridized carbons (Fsp3) is 0. The summed E-state index contributed by atoms with van der Waals surface area (Å²) in [6.45, 7) is 0. The molecule has 0 N–H and O–H groups in total. The molecule has 0 aliphatic carbocycles. The van der Waals surface area contributed by atoms with Crippen molar-refractivity contribution in [3.63, 3.8) is 0 Å². The lowest BCUT2D eigenvalue weighted by atomic mass is 9.98. The molecule has 0 atom stereocenters. The highest BCUT2D eigenvalue weighted by molar-refractivity contribution is 6.12. The van der Waals surface area contributed by atoms with Gasteiger partial charge in [-0.15, -0.1) is 0 Å². The number of rotatable bonds is 7. The van der Waals surface area contributed by atoms with E-state index >= 15 is 0 Å². The lowest BCUT2D eigenvalue weighted by molar-refractivity contribution is 0.669. The van der Waals surface area contributed by atoms with Crippen molar-refractivity contribution in [1.82, 2.24) is 4.57 Å². The van der Waals surface area contributed by atoms with Crippen LogP contribution in [0.1, 0.15) is 0 Å². The number of hydrogen-bond donors (Lipinski definition) is 0. The number of nitrogens with zero attached hydrogens (tertiary/aromatic N) is 2. The first kappa shape index (κ1) is 32.8. The normalized spacial score (nSPS) is 11.5. The monoisotopic (exact) mass is 728 g/mol. The molecule has 0 spiro atoms. The van der Waals surface area contributed by atoms with Gasteiger partial charge < -0.3 is 13.9 Å². The average molecular weight is 729 g/mol. The third kappa shape index (κ3) is 5.68. The van der Waals surface area contributed by atoms with E-state index in [1.807, 2.05) is 12.1 Å². The van der Waals surface area contributed by atoms with Gasteiger partial charge >= 0.3 is 0 Å². The highest BCUT2D eigenvalue weighted by Crippen LogP contribution is 2.42. The Hall–Kier alpha value is -7.62. The molecule has 268 valence electrons. The smallest absolute Gasteiger partial charge is 0.136 e. The van der Waals surface area contributed by atoms with Gasteiger partial charge in [0, 0.05) is 44.3 Å². The number of hydrogen-bond acceptors (Lipinski definition) is 2. The summed E-state index contributed by atoms with van der Waals surface area (Å²) < 4.78 is 8.67. The summed E-state index contributed by atoms with van der Waals surface area (Å²) in [5.41, 5.74) is 15.5. The van der Waals surface area contributed by atoms with E-state index in [0.29, 0.717) is 0 Å². The second-order valence-electron chi connectivity index (χ2n) is 14.5. The molecule has 3 heteroatoms. The van der Waals surface area contributed by atoms with Gasteiger partial charge in [-0.05, 0) is 106 Å². The van der Waals surface area contributed by atoms with E-state index in [2.05, 4.69) is 216 Å². The van der Waals surface area contributed by atoms with Crippen molar-refractivity contribution in [2.75, 3.05) is 4.90 Å². The first-order chi connectivity index (χ1) is 28.3. The second-order valence-corrected chi connectivity index (χ2v) is 14.5. The summed E-state index contributed by atoms with van der Waals surface area (Å²) >= 11 is 0. The molecule has 0 aliphatic rings. The molecule has 2 heterocycles. The Morgan fingerprint density at radius 3 is 1.60 bits per heavy atom. The summed E-state index contributed by atoms with van der Waals surface area (Å²) in [4.78, 5) is 2.36. The predicted molar refractivity (Wildman–Crippen MR) is 239 cm³/mol. The standard InChI is InChI=1S/C54H36N2O/c1-2-14-37(15-3-1)39-16-10-19-43(34-39)55(44-20-12-18-41(36-44)46-25-13-29-53-54(46)49-24-6-9-28-52(49)57-53)42-32-30-38(31-33-42)40-17-11-21-45(35-40)56-50-26-7-4-22-47(50)48-23-5-8-27-51(48)56/h1-36H. The SMILES string of the molecule is c1ccc(-c2cccc(N(c3ccc(-c4cccc(-n5c6ccccc6c6ccccc65)c4)cc3)c3cccc(-c4cccc5oc6ccccc6c45)c3)c2)cc1. The van der Waals surface area contributed by atoms with Crippen LogP contribution in [0.5, 0.6) is 0 Å². The first-order valence-corrected chi connectivity index (χ1v) is 19.4. The highest BCUT2D eigenvalue weighted by Gasteiger charge is 2.18. The highest BCUT2D eigenvalue weighted by atomic mass is 16.3. The minimum atomic E-state index is 0.893. The van der Waals surface area contributed by atoms with Crippen molar-refractivity contribution in [3.05, 3.63) is 218 Å². The van der Waals surface area contributed by atoms with Crippen molar-refractivity contribution in [1.29, 1.82) is 0 Å². The van der Waals surface area contributed by atoms with E-state index in [1.54, 1.807) is 0 Å². The summed E-state index contributed by atoms with van der Waals surface area (Å²) in [7, 11) is 0. The van der Waals surface area contributed by atoms with Gasteiger partial charge in [0.15, 0.2) is 0 Å². The lowest BCUT2D eigenvalue weighted by Gasteiger charge is -2.27. The zero-order valence-electron chi connectivity index (χ0n) is 31.1. The van der Waals surface area contributed by atoms with Crippen LogP contribution in [-0.4, -0.2) is 4.57 Å². The van der Waals surface area contributed by atoms with E-state index in [1.165, 1.54) is 38.5 Å². The van der Waals surface area contributed by atoms with E-state index in [-0.39, 0.29) is 0 Å². The summed E-state index contributed by atoms with van der Waals surface area (Å²) in [5, 5.41) is 4.78. The number of para-hydroxylation sites is 3. The van der Waals surface area contributed by atoms with Gasteiger partial charge in [0.05, 0.1) is 11.0 Å². The van der Waals surface area contributed by atoms with Gasteiger partial charge in [0.25, 0.3) is 0 Å². The Morgan fingerprint density at radius 2 is 0.860 bits per heavy atom. The molecular weight excluding hydrogens is 693 g/mol. The average Bonchev–Trinajstić information content (AvgIpc) is 3.84. The molecule has 0 radical (unpaired) electrons. The minimum absolute atomic E-state index is 0.893. The number of fused-ring (bicyclic) bond motifs is 6. The quantitative estimate of drug-likeness (QED) is 0.163. The van der Waals surface area contributed by atoms with Crippen LogP contribution in [0.15, 0.2) is 223 Å². The van der Waals surface area contributed by atoms with Crippen LogP contribution < -0.4 is 4.90 Å². The van der Waals surface area contributed by atoms with Crippen LogP contribution in [0.3, 0.4) is 0 Å². The molecule has 0 saturated carbocycles. The van der Waals surface area contributed by atoms with Crippen molar-refractivity contribution in [3.8, 4) is 39.1 Å². The molecule has 11 aromatic rings. The predicted octanol–water partition coefficient (Wildman–Crippen LogP) is 15.2. The minimum Gasteiger partial charge on any atom is -0.456 e. The van der Waals surface area contributed by atoms with Gasteiger partial charge in [-0.1, -0.05) is 146 Å². The van der Waals surface area contributed by atoms with Crippen LogP contribution in [0.2, 0.25) is 0 Å². The van der Waals surface area contributed by atoms with Crippen molar-refractivity contribution in [2.45, 2.75) is 0 Å². The maximum atomic E-state index is 6.29. The Labute approximate surface area is 330 Å². The largest absolute Gasteiger partial charge is 0.456 e. The molecule has 57 heavy (non-hydrogen) atoms. The Bertz CT molecular complexity index is 3190. The Kier molecular flexibility index (Phi) is 7.82. The third-order valence-electron chi connectivity index (χ3n) is 11.2. The Morgan fingerprint density at radius 1 is 0.333 bits per heavy atom. The topological polar surface area (TPSA) is 21.3 Å². The first-order valence-electron chi connectivity index (χ1n) is 19.4. The van der Waals surface area contributed by atoms with E-state index in [9.17, 15) is 0 Å².